The summed E-state index contributed by atoms with van der Waals surface area (Å²) in [5, 5.41) is 5.26. The molecule has 1 aromatic carbocycles. The second-order valence-corrected chi connectivity index (χ2v) is 5.51. The van der Waals surface area contributed by atoms with Crippen molar-refractivity contribution in [2.45, 2.75) is 20.4 Å². The third-order valence-electron chi connectivity index (χ3n) is 3.62. The Morgan fingerprint density at radius 3 is 3.04 bits per heavy atom. The Hall–Kier alpha value is -2.65. The monoisotopic (exact) mass is 347 g/mol. The van der Waals surface area contributed by atoms with Gasteiger partial charge in [0.1, 0.15) is 18.0 Å². The van der Waals surface area contributed by atoms with Crippen LogP contribution in [0.5, 0.6) is 5.75 Å². The highest BCUT2D eigenvalue weighted by Crippen LogP contribution is 2.31. The maximum absolute atomic E-state index is 11.4. The first-order chi connectivity index (χ1) is 11.5. The Labute approximate surface area is 142 Å². The fourth-order valence-electron chi connectivity index (χ4n) is 2.46. The summed E-state index contributed by atoms with van der Waals surface area (Å²) in [5.74, 6) is 5.77. The first kappa shape index (κ1) is 16.2. The second-order valence-electron chi connectivity index (χ2n) is 5.16. The third-order valence-corrected chi connectivity index (χ3v) is 3.91. The fourth-order valence-corrected chi connectivity index (χ4v) is 2.65. The number of nitrogens with two attached hydrogens (primary N) is 1. The minimum absolute atomic E-state index is 0.0988. The van der Waals surface area contributed by atoms with Crippen molar-refractivity contribution in [2.75, 3.05) is 6.61 Å². The van der Waals surface area contributed by atoms with Crippen LogP contribution < -0.4 is 16.0 Å². The zero-order valence-corrected chi connectivity index (χ0v) is 14.1. The van der Waals surface area contributed by atoms with Gasteiger partial charge in [-0.2, -0.15) is 0 Å². The third kappa shape index (κ3) is 2.91. The van der Waals surface area contributed by atoms with Crippen molar-refractivity contribution in [1.82, 2.24) is 20.2 Å². The predicted molar refractivity (Wildman–Crippen MR) is 90.9 cm³/mol. The number of benzene rings is 1. The molecule has 0 aliphatic rings. The van der Waals surface area contributed by atoms with E-state index in [0.29, 0.717) is 18.2 Å². The number of nitrogens with one attached hydrogen (secondary N) is 2. The molecule has 1 amide bonds. The molecule has 0 spiro atoms. The Morgan fingerprint density at radius 1 is 1.54 bits per heavy atom. The number of hydrazine groups is 1. The van der Waals surface area contributed by atoms with E-state index in [1.165, 1.54) is 4.68 Å². The highest BCUT2D eigenvalue weighted by Gasteiger charge is 2.17. The minimum atomic E-state index is -0.416. The van der Waals surface area contributed by atoms with Crippen LogP contribution in [0, 0.1) is 11.8 Å². The normalized spacial score (nSPS) is 11.0. The maximum Gasteiger partial charge on any atom is 0.287 e. The molecule has 126 valence electrons. The van der Waals surface area contributed by atoms with Crippen LogP contribution in [-0.4, -0.2) is 27.3 Å². The van der Waals surface area contributed by atoms with Gasteiger partial charge in [0.15, 0.2) is 0 Å². The van der Waals surface area contributed by atoms with Crippen LogP contribution in [0.4, 0.5) is 0 Å². The van der Waals surface area contributed by atoms with Gasteiger partial charge in [0.05, 0.1) is 6.61 Å². The van der Waals surface area contributed by atoms with Gasteiger partial charge in [-0.25, -0.2) is 10.5 Å². The molecule has 4 N–H and O–H groups in total. The van der Waals surface area contributed by atoms with Crippen molar-refractivity contribution >= 4 is 29.0 Å². The molecule has 0 saturated heterocycles. The molecule has 0 bridgehead atoms. The van der Waals surface area contributed by atoms with Gasteiger partial charge in [-0.05, 0) is 49.8 Å². The number of aromatic amines is 1. The largest absolute Gasteiger partial charge is 0.494 e. The van der Waals surface area contributed by atoms with Crippen molar-refractivity contribution in [3.05, 3.63) is 28.6 Å². The fraction of sp³-hybridized carbons (Fsp3) is 0.267. The number of amides is 1. The van der Waals surface area contributed by atoms with Gasteiger partial charge in [-0.15, -0.1) is 5.10 Å². The Morgan fingerprint density at radius 2 is 2.33 bits per heavy atom. The highest BCUT2D eigenvalue weighted by molar-refractivity contribution is 7.71. The minimum Gasteiger partial charge on any atom is -0.494 e. The van der Waals surface area contributed by atoms with E-state index in [9.17, 15) is 4.79 Å². The van der Waals surface area contributed by atoms with Crippen LogP contribution in [0.2, 0.25) is 0 Å². The van der Waals surface area contributed by atoms with E-state index >= 15 is 0 Å². The molecule has 2 aromatic heterocycles. The summed E-state index contributed by atoms with van der Waals surface area (Å²) in [5.41, 5.74) is 4.63. The molecule has 0 saturated carbocycles. The van der Waals surface area contributed by atoms with Crippen molar-refractivity contribution < 1.29 is 13.9 Å². The summed E-state index contributed by atoms with van der Waals surface area (Å²) < 4.78 is 12.3. The number of hydrogen-bond acceptors (Lipinski definition) is 6. The zero-order valence-electron chi connectivity index (χ0n) is 13.3. The number of rotatable bonds is 5. The standard InChI is InChI=1S/C15H17N5O3S/c1-3-22-9-4-5-11-10(6-9)8(2)13(17-11)14-19-20(15(24)23-14)7-12(21)18-16/h4-6,17H,3,7,16H2,1-2H3,(H,18,21). The average Bonchev–Trinajstić information content (AvgIpc) is 3.08. The van der Waals surface area contributed by atoms with Crippen molar-refractivity contribution in [2.24, 2.45) is 5.84 Å². The predicted octanol–water partition coefficient (Wildman–Crippen LogP) is 2.05. The van der Waals surface area contributed by atoms with Crippen molar-refractivity contribution in [1.29, 1.82) is 0 Å². The molecular weight excluding hydrogens is 330 g/mol. The summed E-state index contributed by atoms with van der Waals surface area (Å²) in [6.45, 7) is 4.39. The molecule has 9 heteroatoms. The lowest BCUT2D eigenvalue weighted by Gasteiger charge is -2.02. The number of fused-ring (bicyclic) bond motifs is 1. The van der Waals surface area contributed by atoms with Gasteiger partial charge < -0.3 is 14.1 Å². The van der Waals surface area contributed by atoms with E-state index < -0.39 is 5.91 Å². The second kappa shape index (κ2) is 6.46. The number of aryl methyl sites for hydroxylation is 1. The van der Waals surface area contributed by atoms with E-state index in [1.807, 2.05) is 37.5 Å². The molecule has 2 heterocycles. The molecule has 0 fully saturated rings. The number of aromatic nitrogens is 3. The lowest BCUT2D eigenvalue weighted by atomic mass is 10.1. The molecule has 0 atom stereocenters. The average molecular weight is 347 g/mol. The molecule has 0 aliphatic heterocycles. The van der Waals surface area contributed by atoms with Gasteiger partial charge in [0, 0.05) is 10.9 Å². The van der Waals surface area contributed by atoms with Crippen molar-refractivity contribution in [3.63, 3.8) is 0 Å². The van der Waals surface area contributed by atoms with E-state index in [4.69, 9.17) is 27.2 Å². The molecule has 0 unspecified atom stereocenters. The molecule has 3 aromatic rings. The van der Waals surface area contributed by atoms with Crippen LogP contribution in [-0.2, 0) is 11.3 Å². The van der Waals surface area contributed by atoms with Crippen LogP contribution in [0.1, 0.15) is 12.5 Å². The van der Waals surface area contributed by atoms with Crippen LogP contribution in [0.3, 0.4) is 0 Å². The summed E-state index contributed by atoms with van der Waals surface area (Å²) in [6, 6.07) is 5.79. The van der Waals surface area contributed by atoms with Crippen LogP contribution in [0.25, 0.3) is 22.5 Å². The SMILES string of the molecule is CCOc1ccc2[nH]c(-c3nn(CC(=O)NN)c(=S)o3)c(C)c2c1. The quantitative estimate of drug-likeness (QED) is 0.282. The summed E-state index contributed by atoms with van der Waals surface area (Å²) in [4.78, 5) is 14.7. The number of ether oxygens (including phenoxy) is 1. The number of hydrogen-bond donors (Lipinski definition) is 3. The van der Waals surface area contributed by atoms with Gasteiger partial charge in [-0.3, -0.25) is 10.2 Å². The zero-order chi connectivity index (χ0) is 17.3. The maximum atomic E-state index is 11.4. The Kier molecular flexibility index (Phi) is 4.36. The lowest BCUT2D eigenvalue weighted by molar-refractivity contribution is -0.121. The smallest absolute Gasteiger partial charge is 0.287 e. The number of carbonyl (C=O) groups excluding carboxylic acids is 1. The van der Waals surface area contributed by atoms with E-state index in [1.54, 1.807) is 0 Å². The molecule has 0 radical (unpaired) electrons. The molecule has 0 aliphatic carbocycles. The summed E-state index contributed by atoms with van der Waals surface area (Å²) in [7, 11) is 0. The number of carbonyl (C=O) groups is 1. The Balaban J connectivity index is 2.03. The van der Waals surface area contributed by atoms with E-state index in [0.717, 1.165) is 22.2 Å². The first-order valence-electron chi connectivity index (χ1n) is 7.36. The first-order valence-corrected chi connectivity index (χ1v) is 7.77. The molecule has 3 rings (SSSR count). The topological polar surface area (TPSA) is 111 Å². The van der Waals surface area contributed by atoms with Crippen molar-refractivity contribution in [3.8, 4) is 17.3 Å². The van der Waals surface area contributed by atoms with Crippen LogP contribution >= 0.6 is 12.2 Å². The van der Waals surface area contributed by atoms with E-state index in [-0.39, 0.29) is 11.4 Å². The number of nitrogens with zero attached hydrogens (tertiary/aromatic N) is 2. The van der Waals surface area contributed by atoms with Gasteiger partial charge in [0.2, 0.25) is 0 Å². The molecular formula is C15H17N5O3S. The van der Waals surface area contributed by atoms with Gasteiger partial charge >= 0.3 is 0 Å². The lowest BCUT2D eigenvalue weighted by Crippen LogP contribution is -2.33. The molecule has 24 heavy (non-hydrogen) atoms. The molecule has 8 nitrogen and oxygen atoms in total. The van der Waals surface area contributed by atoms with Gasteiger partial charge in [0.25, 0.3) is 16.6 Å². The summed E-state index contributed by atoms with van der Waals surface area (Å²) >= 11 is 5.10. The summed E-state index contributed by atoms with van der Waals surface area (Å²) in [6.07, 6.45) is 0. The highest BCUT2D eigenvalue weighted by atomic mass is 32.1. The van der Waals surface area contributed by atoms with Gasteiger partial charge in [-0.1, -0.05) is 0 Å². The van der Waals surface area contributed by atoms with Crippen LogP contribution in [0.15, 0.2) is 22.6 Å². The van der Waals surface area contributed by atoms with E-state index in [2.05, 4.69) is 10.1 Å². The number of H-pyrrole nitrogens is 1. The Bertz CT molecular complexity index is 956.